The second-order valence-corrected chi connectivity index (χ2v) is 6.71. The van der Waals surface area contributed by atoms with Gasteiger partial charge in [0.05, 0.1) is 14.2 Å². The Balaban J connectivity index is 0.00000363. The van der Waals surface area contributed by atoms with Gasteiger partial charge in [0.15, 0.2) is 17.5 Å². The van der Waals surface area contributed by atoms with Crippen LogP contribution in [0.4, 0.5) is 0 Å². The SMILES string of the molecule is CN=C(NCc1ccc(OC)c(OC)c1)NCc1cccnc1OCc1ccccc1.I. The minimum Gasteiger partial charge on any atom is -0.493 e. The zero-order valence-corrected chi connectivity index (χ0v) is 20.8. The molecule has 170 valence electrons. The van der Waals surface area contributed by atoms with Crippen molar-refractivity contribution in [1.82, 2.24) is 15.6 Å². The summed E-state index contributed by atoms with van der Waals surface area (Å²) in [5.74, 6) is 2.68. The largest absolute Gasteiger partial charge is 0.493 e. The number of hydrogen-bond donors (Lipinski definition) is 2. The lowest BCUT2D eigenvalue weighted by atomic mass is 10.2. The van der Waals surface area contributed by atoms with Gasteiger partial charge >= 0.3 is 0 Å². The van der Waals surface area contributed by atoms with E-state index in [4.69, 9.17) is 14.2 Å². The Hall–Kier alpha value is -3.01. The number of pyridine rings is 1. The third kappa shape index (κ3) is 7.30. The van der Waals surface area contributed by atoms with Crippen LogP contribution in [-0.4, -0.2) is 32.2 Å². The number of nitrogens with one attached hydrogen (secondary N) is 2. The summed E-state index contributed by atoms with van der Waals surface area (Å²) in [6.45, 7) is 1.59. The van der Waals surface area contributed by atoms with E-state index in [9.17, 15) is 0 Å². The maximum atomic E-state index is 5.93. The van der Waals surface area contributed by atoms with Crippen LogP contribution < -0.4 is 24.8 Å². The van der Waals surface area contributed by atoms with Gasteiger partial charge in [0.25, 0.3) is 0 Å². The standard InChI is InChI=1S/C24H28N4O3.HI/c1-25-24(27-15-19-11-12-21(29-2)22(14-19)30-3)28-16-20-10-7-13-26-23(20)31-17-18-8-5-4-6-9-18;/h4-14H,15-17H2,1-3H3,(H2,25,27,28);1H. The zero-order valence-electron chi connectivity index (χ0n) is 18.5. The van der Waals surface area contributed by atoms with Gasteiger partial charge in [0.2, 0.25) is 5.88 Å². The highest BCUT2D eigenvalue weighted by Crippen LogP contribution is 2.27. The van der Waals surface area contributed by atoms with Crippen molar-refractivity contribution in [3.63, 3.8) is 0 Å². The molecule has 0 unspecified atom stereocenters. The lowest BCUT2D eigenvalue weighted by Crippen LogP contribution is -2.36. The fraction of sp³-hybridized carbons (Fsp3) is 0.250. The summed E-state index contributed by atoms with van der Waals surface area (Å²) in [6, 6.07) is 19.7. The van der Waals surface area contributed by atoms with Crippen molar-refractivity contribution in [2.45, 2.75) is 19.7 Å². The highest BCUT2D eigenvalue weighted by atomic mass is 127. The Morgan fingerprint density at radius 1 is 0.875 bits per heavy atom. The second kappa shape index (κ2) is 13.4. The average Bonchev–Trinajstić information content (AvgIpc) is 2.83. The second-order valence-electron chi connectivity index (χ2n) is 6.71. The Kier molecular flexibility index (Phi) is 10.6. The first kappa shape index (κ1) is 25.3. The minimum absolute atomic E-state index is 0. The average molecular weight is 548 g/mol. The third-order valence-electron chi connectivity index (χ3n) is 4.65. The number of hydrogen-bond acceptors (Lipinski definition) is 5. The number of methoxy groups -OCH3 is 2. The molecule has 0 aliphatic heterocycles. The third-order valence-corrected chi connectivity index (χ3v) is 4.65. The molecular weight excluding hydrogens is 519 g/mol. The smallest absolute Gasteiger partial charge is 0.218 e. The van der Waals surface area contributed by atoms with Crippen LogP contribution in [0.2, 0.25) is 0 Å². The van der Waals surface area contributed by atoms with Crippen LogP contribution in [0.5, 0.6) is 17.4 Å². The maximum absolute atomic E-state index is 5.93. The molecule has 0 aliphatic carbocycles. The molecule has 3 aromatic rings. The van der Waals surface area contributed by atoms with Crippen molar-refractivity contribution < 1.29 is 14.2 Å². The molecule has 0 bridgehead atoms. The van der Waals surface area contributed by atoms with E-state index < -0.39 is 0 Å². The molecule has 3 rings (SSSR count). The zero-order chi connectivity index (χ0) is 21.9. The van der Waals surface area contributed by atoms with Crippen LogP contribution in [0.15, 0.2) is 71.9 Å². The molecule has 0 spiro atoms. The van der Waals surface area contributed by atoms with E-state index in [-0.39, 0.29) is 24.0 Å². The van der Waals surface area contributed by atoms with Gasteiger partial charge in [-0.05, 0) is 29.3 Å². The summed E-state index contributed by atoms with van der Waals surface area (Å²) in [5, 5.41) is 6.61. The van der Waals surface area contributed by atoms with Gasteiger partial charge in [-0.3, -0.25) is 4.99 Å². The van der Waals surface area contributed by atoms with Crippen molar-refractivity contribution in [1.29, 1.82) is 0 Å². The first-order valence-electron chi connectivity index (χ1n) is 9.99. The van der Waals surface area contributed by atoms with Gasteiger partial charge in [0, 0.05) is 31.9 Å². The number of rotatable bonds is 9. The van der Waals surface area contributed by atoms with Gasteiger partial charge < -0.3 is 24.8 Å². The summed E-state index contributed by atoms with van der Waals surface area (Å²) in [5.41, 5.74) is 3.10. The predicted molar refractivity (Wildman–Crippen MR) is 137 cm³/mol. The van der Waals surface area contributed by atoms with Gasteiger partial charge in [0.1, 0.15) is 6.61 Å². The van der Waals surface area contributed by atoms with Crippen LogP contribution in [0, 0.1) is 0 Å². The molecule has 0 aliphatic rings. The molecule has 8 heteroatoms. The summed E-state index contributed by atoms with van der Waals surface area (Å²) >= 11 is 0. The van der Waals surface area contributed by atoms with E-state index in [1.807, 2.05) is 60.7 Å². The molecule has 2 N–H and O–H groups in total. The summed E-state index contributed by atoms with van der Waals surface area (Å²) in [7, 11) is 4.98. The Morgan fingerprint density at radius 3 is 2.34 bits per heavy atom. The fourth-order valence-corrected chi connectivity index (χ4v) is 2.99. The highest BCUT2D eigenvalue weighted by Gasteiger charge is 2.08. The van der Waals surface area contributed by atoms with E-state index in [1.165, 1.54) is 0 Å². The normalized spacial score (nSPS) is 10.7. The number of benzene rings is 2. The van der Waals surface area contributed by atoms with Crippen molar-refractivity contribution in [3.8, 4) is 17.4 Å². The summed E-state index contributed by atoms with van der Waals surface area (Å²) in [6.07, 6.45) is 1.73. The lowest BCUT2D eigenvalue weighted by molar-refractivity contribution is 0.290. The summed E-state index contributed by atoms with van der Waals surface area (Å²) < 4.78 is 16.6. The Bertz CT molecular complexity index is 1000. The van der Waals surface area contributed by atoms with Crippen LogP contribution in [0.1, 0.15) is 16.7 Å². The predicted octanol–water partition coefficient (Wildman–Crippen LogP) is 4.16. The van der Waals surface area contributed by atoms with Crippen LogP contribution >= 0.6 is 24.0 Å². The molecule has 0 fully saturated rings. The number of aliphatic imine (C=N–C) groups is 1. The first-order chi connectivity index (χ1) is 15.2. The number of guanidine groups is 1. The molecule has 32 heavy (non-hydrogen) atoms. The Morgan fingerprint density at radius 2 is 1.62 bits per heavy atom. The van der Waals surface area contributed by atoms with E-state index in [0.29, 0.717) is 43.0 Å². The molecule has 1 aromatic heterocycles. The molecule has 0 atom stereocenters. The maximum Gasteiger partial charge on any atom is 0.218 e. The number of aromatic nitrogens is 1. The molecule has 1 heterocycles. The van der Waals surface area contributed by atoms with E-state index in [1.54, 1.807) is 27.5 Å². The van der Waals surface area contributed by atoms with Gasteiger partial charge in [-0.15, -0.1) is 24.0 Å². The van der Waals surface area contributed by atoms with Gasteiger partial charge in [-0.2, -0.15) is 0 Å². The molecule has 0 amide bonds. The van der Waals surface area contributed by atoms with Crippen LogP contribution in [0.25, 0.3) is 0 Å². The van der Waals surface area contributed by atoms with E-state index in [0.717, 1.165) is 16.7 Å². The van der Waals surface area contributed by atoms with Crippen molar-refractivity contribution in [3.05, 3.63) is 83.6 Å². The molecule has 0 saturated heterocycles. The van der Waals surface area contributed by atoms with Crippen molar-refractivity contribution >= 4 is 29.9 Å². The van der Waals surface area contributed by atoms with E-state index in [2.05, 4.69) is 20.6 Å². The van der Waals surface area contributed by atoms with E-state index >= 15 is 0 Å². The van der Waals surface area contributed by atoms with Crippen LogP contribution in [-0.2, 0) is 19.7 Å². The summed E-state index contributed by atoms with van der Waals surface area (Å²) in [4.78, 5) is 8.67. The number of ether oxygens (including phenoxy) is 3. The van der Waals surface area contributed by atoms with Crippen LogP contribution in [0.3, 0.4) is 0 Å². The lowest BCUT2D eigenvalue weighted by Gasteiger charge is -2.15. The van der Waals surface area contributed by atoms with Gasteiger partial charge in [-0.1, -0.05) is 42.5 Å². The highest BCUT2D eigenvalue weighted by molar-refractivity contribution is 14.0. The molecule has 0 saturated carbocycles. The fourth-order valence-electron chi connectivity index (χ4n) is 2.99. The first-order valence-corrected chi connectivity index (χ1v) is 9.99. The topological polar surface area (TPSA) is 77.0 Å². The quantitative estimate of drug-likeness (QED) is 0.238. The van der Waals surface area contributed by atoms with Crippen molar-refractivity contribution in [2.75, 3.05) is 21.3 Å². The Labute approximate surface area is 206 Å². The number of halogens is 1. The van der Waals surface area contributed by atoms with Crippen molar-refractivity contribution in [2.24, 2.45) is 4.99 Å². The molecule has 0 radical (unpaired) electrons. The minimum atomic E-state index is 0. The molecular formula is C24H29IN4O3. The molecule has 2 aromatic carbocycles. The molecule has 7 nitrogen and oxygen atoms in total. The number of nitrogens with zero attached hydrogens (tertiary/aromatic N) is 2. The van der Waals surface area contributed by atoms with Gasteiger partial charge in [-0.25, -0.2) is 4.98 Å². The monoisotopic (exact) mass is 548 g/mol.